The Bertz CT molecular complexity index is 947. The van der Waals surface area contributed by atoms with Gasteiger partial charge in [0.05, 0.1) is 0 Å². The van der Waals surface area contributed by atoms with Gasteiger partial charge in [0.15, 0.2) is 0 Å². The molecule has 33 heavy (non-hydrogen) atoms. The fourth-order valence-electron chi connectivity index (χ4n) is 4.53. The van der Waals surface area contributed by atoms with Crippen molar-refractivity contribution in [3.05, 3.63) is 113 Å². The van der Waals surface area contributed by atoms with Crippen LogP contribution in [-0.2, 0) is 0 Å². The van der Waals surface area contributed by atoms with Crippen molar-refractivity contribution in [2.24, 2.45) is 0 Å². The lowest BCUT2D eigenvalue weighted by molar-refractivity contribution is 0.140. The maximum Gasteiger partial charge on any atom is 0.123 e. The van der Waals surface area contributed by atoms with E-state index >= 15 is 0 Å². The molecule has 172 valence electrons. The van der Waals surface area contributed by atoms with Crippen LogP contribution in [0, 0.1) is 11.6 Å². The number of hydrogen-bond acceptors (Lipinski definition) is 2. The lowest BCUT2D eigenvalue weighted by Crippen LogP contribution is -2.46. The Kier molecular flexibility index (Phi) is 8.40. The molecule has 0 atom stereocenters. The van der Waals surface area contributed by atoms with Crippen molar-refractivity contribution in [3.63, 3.8) is 0 Å². The summed E-state index contributed by atoms with van der Waals surface area (Å²) >= 11 is 0. The average Bonchev–Trinajstić information content (AvgIpc) is 2.85. The van der Waals surface area contributed by atoms with Crippen molar-refractivity contribution in [2.45, 2.75) is 18.8 Å². The average molecular weight is 447 g/mol. The van der Waals surface area contributed by atoms with Crippen molar-refractivity contribution in [2.75, 3.05) is 39.3 Å². The third-order valence-electron chi connectivity index (χ3n) is 6.45. The molecule has 1 fully saturated rings. The zero-order valence-electron chi connectivity index (χ0n) is 19.0. The van der Waals surface area contributed by atoms with Crippen LogP contribution >= 0.6 is 0 Å². The van der Waals surface area contributed by atoms with Crippen molar-refractivity contribution in [1.29, 1.82) is 0 Å². The molecule has 1 aliphatic heterocycles. The summed E-state index contributed by atoms with van der Waals surface area (Å²) in [6, 6.07) is 23.9. The number of rotatable bonds is 9. The summed E-state index contributed by atoms with van der Waals surface area (Å²) in [4.78, 5) is 5.03. The number of benzene rings is 3. The summed E-state index contributed by atoms with van der Waals surface area (Å²) in [6.07, 6.45) is 6.45. The molecule has 4 rings (SSSR count). The zero-order valence-corrected chi connectivity index (χ0v) is 19.0. The second-order valence-corrected chi connectivity index (χ2v) is 8.75. The van der Waals surface area contributed by atoms with E-state index in [1.54, 1.807) is 0 Å². The summed E-state index contributed by atoms with van der Waals surface area (Å²) in [6.45, 7) is 6.36. The Morgan fingerprint density at radius 1 is 0.697 bits per heavy atom. The van der Waals surface area contributed by atoms with Crippen LogP contribution in [0.2, 0.25) is 0 Å². The molecule has 3 aromatic rings. The minimum atomic E-state index is -0.229. The topological polar surface area (TPSA) is 6.48 Å². The molecular formula is C29H32F2N2. The molecular weight excluding hydrogens is 414 g/mol. The van der Waals surface area contributed by atoms with Crippen LogP contribution in [0.1, 0.15) is 35.4 Å². The normalized spacial score (nSPS) is 15.5. The van der Waals surface area contributed by atoms with Crippen LogP contribution in [0.4, 0.5) is 8.78 Å². The molecule has 0 spiro atoms. The third kappa shape index (κ3) is 7.08. The molecule has 0 aromatic heterocycles. The Hall–Kier alpha value is -2.82. The number of hydrogen-bond donors (Lipinski definition) is 0. The van der Waals surface area contributed by atoms with Gasteiger partial charge < -0.3 is 4.90 Å². The first kappa shape index (κ1) is 23.3. The fourth-order valence-corrected chi connectivity index (χ4v) is 4.53. The minimum absolute atomic E-state index is 0.149. The zero-order chi connectivity index (χ0) is 22.9. The quantitative estimate of drug-likeness (QED) is 0.386. The lowest BCUT2D eigenvalue weighted by Gasteiger charge is -2.34. The highest BCUT2D eigenvalue weighted by Gasteiger charge is 2.18. The van der Waals surface area contributed by atoms with Gasteiger partial charge in [-0.15, -0.1) is 0 Å². The molecule has 4 heteroatoms. The van der Waals surface area contributed by atoms with E-state index in [4.69, 9.17) is 0 Å². The highest BCUT2D eigenvalue weighted by atomic mass is 19.1. The summed E-state index contributed by atoms with van der Waals surface area (Å²) in [5.41, 5.74) is 3.41. The molecule has 0 N–H and O–H groups in total. The third-order valence-corrected chi connectivity index (χ3v) is 6.45. The van der Waals surface area contributed by atoms with Crippen LogP contribution in [0.5, 0.6) is 0 Å². The van der Waals surface area contributed by atoms with E-state index in [-0.39, 0.29) is 17.6 Å². The van der Waals surface area contributed by atoms with E-state index in [1.807, 2.05) is 30.3 Å². The first-order valence-corrected chi connectivity index (χ1v) is 11.8. The van der Waals surface area contributed by atoms with E-state index in [9.17, 15) is 8.78 Å². The first-order valence-electron chi connectivity index (χ1n) is 11.8. The molecule has 0 saturated carbocycles. The van der Waals surface area contributed by atoms with Crippen LogP contribution < -0.4 is 0 Å². The van der Waals surface area contributed by atoms with Crippen molar-refractivity contribution >= 4 is 6.08 Å². The van der Waals surface area contributed by atoms with Crippen molar-refractivity contribution in [3.8, 4) is 0 Å². The molecule has 0 radical (unpaired) electrons. The molecule has 0 aliphatic carbocycles. The Morgan fingerprint density at radius 3 is 1.82 bits per heavy atom. The van der Waals surface area contributed by atoms with Crippen LogP contribution in [0.15, 0.2) is 84.9 Å². The minimum Gasteiger partial charge on any atom is -0.301 e. The number of halogens is 2. The summed E-state index contributed by atoms with van der Waals surface area (Å²) in [5, 5.41) is 0. The molecule has 0 unspecified atom stereocenters. The molecule has 0 amide bonds. The van der Waals surface area contributed by atoms with Crippen LogP contribution in [-0.4, -0.2) is 49.1 Å². The van der Waals surface area contributed by atoms with Gasteiger partial charge in [-0.25, -0.2) is 8.78 Å². The number of piperazine rings is 1. The molecule has 2 nitrogen and oxygen atoms in total. The van der Waals surface area contributed by atoms with Gasteiger partial charge in [-0.2, -0.15) is 0 Å². The summed E-state index contributed by atoms with van der Waals surface area (Å²) < 4.78 is 26.9. The van der Waals surface area contributed by atoms with Crippen molar-refractivity contribution < 1.29 is 8.78 Å². The number of nitrogens with zero attached hydrogens (tertiary/aromatic N) is 2. The predicted octanol–water partition coefficient (Wildman–Crippen LogP) is 6.21. The van der Waals surface area contributed by atoms with Crippen LogP contribution in [0.3, 0.4) is 0 Å². The van der Waals surface area contributed by atoms with E-state index in [0.717, 1.165) is 63.2 Å². The second kappa shape index (κ2) is 11.9. The molecule has 1 saturated heterocycles. The van der Waals surface area contributed by atoms with Gasteiger partial charge >= 0.3 is 0 Å². The summed E-state index contributed by atoms with van der Waals surface area (Å²) in [7, 11) is 0. The fraction of sp³-hybridized carbons (Fsp3) is 0.310. The molecule has 1 aliphatic rings. The summed E-state index contributed by atoms with van der Waals surface area (Å²) in [5.74, 6) is -0.309. The Balaban J connectivity index is 1.25. The maximum atomic E-state index is 13.4. The predicted molar refractivity (Wildman–Crippen MR) is 132 cm³/mol. The maximum absolute atomic E-state index is 13.4. The first-order chi connectivity index (χ1) is 16.2. The van der Waals surface area contributed by atoms with E-state index in [1.165, 1.54) is 29.8 Å². The van der Waals surface area contributed by atoms with Gasteiger partial charge in [0.2, 0.25) is 0 Å². The van der Waals surface area contributed by atoms with Gasteiger partial charge in [-0.1, -0.05) is 66.7 Å². The lowest BCUT2D eigenvalue weighted by atomic mass is 9.87. The highest BCUT2D eigenvalue weighted by Crippen LogP contribution is 2.30. The Labute approximate surface area is 196 Å². The molecule has 1 heterocycles. The molecule has 0 bridgehead atoms. The van der Waals surface area contributed by atoms with Gasteiger partial charge in [-0.3, -0.25) is 4.90 Å². The SMILES string of the molecule is Fc1ccc(C(CCCN2CCN(C/C=C/c3ccccc3)CC2)c2ccc(F)cc2)cc1. The second-order valence-electron chi connectivity index (χ2n) is 8.75. The van der Waals surface area contributed by atoms with Crippen LogP contribution in [0.25, 0.3) is 6.08 Å². The van der Waals surface area contributed by atoms with Gasteiger partial charge in [0.1, 0.15) is 11.6 Å². The van der Waals surface area contributed by atoms with Gasteiger partial charge in [0.25, 0.3) is 0 Å². The smallest absolute Gasteiger partial charge is 0.123 e. The standard InChI is InChI=1S/C29H32F2N2/c30-27-14-10-25(11-15-27)29(26-12-16-28(31)17-13-26)9-5-19-33-22-20-32(21-23-33)18-4-8-24-6-2-1-3-7-24/h1-4,6-8,10-17,29H,5,9,18-23H2/b8-4+. The van der Waals surface area contributed by atoms with E-state index in [0.29, 0.717) is 0 Å². The van der Waals surface area contributed by atoms with E-state index < -0.39 is 0 Å². The van der Waals surface area contributed by atoms with Gasteiger partial charge in [-0.05, 0) is 60.3 Å². The largest absolute Gasteiger partial charge is 0.301 e. The Morgan fingerprint density at radius 2 is 1.24 bits per heavy atom. The van der Waals surface area contributed by atoms with Crippen molar-refractivity contribution in [1.82, 2.24) is 9.80 Å². The highest BCUT2D eigenvalue weighted by molar-refractivity contribution is 5.48. The van der Waals surface area contributed by atoms with Gasteiger partial charge in [0, 0.05) is 38.6 Å². The molecule has 3 aromatic carbocycles. The monoisotopic (exact) mass is 446 g/mol. The van der Waals surface area contributed by atoms with E-state index in [2.05, 4.69) is 46.2 Å².